The molecule has 4 heteroatoms. The average molecular weight is 280 g/mol. The highest BCUT2D eigenvalue weighted by molar-refractivity contribution is 5.91. The highest BCUT2D eigenvalue weighted by Crippen LogP contribution is 2.36. The Kier molecular flexibility index (Phi) is 5.83. The lowest BCUT2D eigenvalue weighted by Gasteiger charge is -2.31. The molecule has 0 saturated carbocycles. The molecule has 106 valence electrons. The van der Waals surface area contributed by atoms with Crippen LogP contribution in [0.15, 0.2) is 18.2 Å². The van der Waals surface area contributed by atoms with Gasteiger partial charge in [0.05, 0.1) is 5.56 Å². The van der Waals surface area contributed by atoms with Crippen molar-refractivity contribution < 1.29 is 14.9 Å². The van der Waals surface area contributed by atoms with E-state index < -0.39 is 5.97 Å². The second kappa shape index (κ2) is 6.09. The van der Waals surface area contributed by atoms with Crippen LogP contribution in [0.2, 0.25) is 0 Å². The number of carbonyl (C=O) groups excluding carboxylic acids is 1. The lowest BCUT2D eigenvalue weighted by atomic mass is 9.73. The van der Waals surface area contributed by atoms with Crippen LogP contribution >= 0.6 is 0 Å². The number of hydrogen-bond acceptors (Lipinski definition) is 3. The highest BCUT2D eigenvalue weighted by Gasteiger charge is 2.30. The van der Waals surface area contributed by atoms with E-state index in [9.17, 15) is 4.79 Å². The van der Waals surface area contributed by atoms with E-state index in [2.05, 4.69) is 25.7 Å². The van der Waals surface area contributed by atoms with Gasteiger partial charge >= 0.3 is 5.97 Å². The number of carbonyl (C=O) groups is 1. The third-order valence-electron chi connectivity index (χ3n) is 2.93. The Labute approximate surface area is 126 Å². The van der Waals surface area contributed by atoms with Crippen LogP contribution in [0.5, 0.6) is 0 Å². The van der Waals surface area contributed by atoms with Crippen molar-refractivity contribution in [3.63, 3.8) is 0 Å². The first kappa shape index (κ1) is 18.2. The van der Waals surface area contributed by atoms with Gasteiger partial charge in [0.25, 0.3) is 0 Å². The van der Waals surface area contributed by atoms with Crippen molar-refractivity contribution in [3.05, 3.63) is 34.9 Å². The van der Waals surface area contributed by atoms with Gasteiger partial charge in [-0.05, 0) is 28.0 Å². The maximum absolute atomic E-state index is 11.7. The van der Waals surface area contributed by atoms with Crippen molar-refractivity contribution in [1.29, 1.82) is 0 Å². The summed E-state index contributed by atoms with van der Waals surface area (Å²) in [6.07, 6.45) is 0. The lowest BCUT2D eigenvalue weighted by Crippen LogP contribution is -2.25. The van der Waals surface area contributed by atoms with Crippen LogP contribution in [0.4, 0.5) is 0 Å². The molecule has 0 fully saturated rings. The van der Waals surface area contributed by atoms with Crippen molar-refractivity contribution in [2.24, 2.45) is 0 Å². The Balaban J connectivity index is 0.00000324. The molecule has 1 N–H and O–H groups in total. The van der Waals surface area contributed by atoms with Crippen LogP contribution in [0.1, 0.15) is 63.0 Å². The molecule has 1 rings (SSSR count). The minimum absolute atomic E-state index is 0. The summed E-state index contributed by atoms with van der Waals surface area (Å²) in [5.41, 5.74) is 2.17. The van der Waals surface area contributed by atoms with Crippen molar-refractivity contribution >= 4 is 23.3 Å². The predicted molar refractivity (Wildman–Crippen MR) is 81.8 cm³/mol. The van der Waals surface area contributed by atoms with E-state index in [0.717, 1.165) is 11.1 Å². The smallest absolute Gasteiger partial charge is 0.295 e. The highest BCUT2D eigenvalue weighted by atomic mass is 27.0. The van der Waals surface area contributed by atoms with Crippen LogP contribution in [-0.4, -0.2) is 28.6 Å². The molecule has 0 amide bonds. The van der Waals surface area contributed by atoms with Gasteiger partial charge in [0.15, 0.2) is 17.4 Å². The molecule has 0 spiro atoms. The average Bonchev–Trinajstić information content (AvgIpc) is 2.24. The van der Waals surface area contributed by atoms with E-state index in [4.69, 9.17) is 5.26 Å². The predicted octanol–water partition coefficient (Wildman–Crippen LogP) is 2.73. The molecule has 0 unspecified atom stereocenters. The minimum Gasteiger partial charge on any atom is -0.295 e. The second-order valence-corrected chi connectivity index (χ2v) is 6.61. The second-order valence-electron chi connectivity index (χ2n) is 6.61. The number of benzene rings is 1. The van der Waals surface area contributed by atoms with Crippen LogP contribution in [0.3, 0.4) is 0 Å². The molecule has 0 aromatic heterocycles. The molecule has 0 radical (unpaired) electrons. The van der Waals surface area contributed by atoms with E-state index in [0.29, 0.717) is 5.56 Å². The number of rotatable bonds is 1. The van der Waals surface area contributed by atoms with Gasteiger partial charge in [-0.15, -0.1) is 0 Å². The summed E-state index contributed by atoms with van der Waals surface area (Å²) >= 11 is 0. The molecule has 3 nitrogen and oxygen atoms in total. The minimum atomic E-state index is -0.703. The molecule has 0 aliphatic carbocycles. The van der Waals surface area contributed by atoms with Gasteiger partial charge in [-0.2, -0.15) is 5.26 Å². The molecule has 1 aromatic carbocycles. The van der Waals surface area contributed by atoms with Gasteiger partial charge < -0.3 is 0 Å². The maximum atomic E-state index is 11.7. The largest absolute Gasteiger partial charge is 0.373 e. The van der Waals surface area contributed by atoms with Gasteiger partial charge in [0.2, 0.25) is 0 Å². The van der Waals surface area contributed by atoms with Gasteiger partial charge in [-0.3, -0.25) is 4.89 Å². The van der Waals surface area contributed by atoms with Gasteiger partial charge in [0, 0.05) is 0 Å². The molecule has 19 heavy (non-hydrogen) atoms. The van der Waals surface area contributed by atoms with Crippen LogP contribution in [0.25, 0.3) is 0 Å². The molecule has 0 atom stereocenters. The monoisotopic (exact) mass is 280 g/mol. The van der Waals surface area contributed by atoms with Crippen molar-refractivity contribution in [3.8, 4) is 0 Å². The summed E-state index contributed by atoms with van der Waals surface area (Å²) in [6, 6.07) is 5.53. The molecule has 1 aromatic rings. The summed E-state index contributed by atoms with van der Waals surface area (Å²) in [4.78, 5) is 15.6. The maximum Gasteiger partial charge on any atom is 0.373 e. The van der Waals surface area contributed by atoms with Crippen molar-refractivity contribution in [2.75, 3.05) is 0 Å². The quantitative estimate of drug-likeness (QED) is 0.489. The van der Waals surface area contributed by atoms with Crippen molar-refractivity contribution in [1.82, 2.24) is 0 Å². The summed E-state index contributed by atoms with van der Waals surface area (Å²) in [5.74, 6) is -0.703. The van der Waals surface area contributed by atoms with Gasteiger partial charge in [-0.1, -0.05) is 53.7 Å². The zero-order valence-corrected chi connectivity index (χ0v) is 12.0. The van der Waals surface area contributed by atoms with Gasteiger partial charge in [0.1, 0.15) is 0 Å². The van der Waals surface area contributed by atoms with Crippen LogP contribution in [0, 0.1) is 0 Å². The molecule has 0 heterocycles. The Morgan fingerprint density at radius 1 is 1.05 bits per heavy atom. The normalized spacial score (nSPS) is 11.7. The summed E-state index contributed by atoms with van der Waals surface area (Å²) < 4.78 is 0. The fourth-order valence-corrected chi connectivity index (χ4v) is 2.20. The fraction of sp³-hybridized carbons (Fsp3) is 0.533. The molecule has 0 aliphatic heterocycles. The zero-order valence-electron chi connectivity index (χ0n) is 12.0. The van der Waals surface area contributed by atoms with E-state index in [1.54, 1.807) is 6.07 Å². The van der Waals surface area contributed by atoms with E-state index in [1.807, 2.05) is 32.9 Å². The molecular weight excluding hydrogens is 255 g/mol. The Hall–Kier alpha value is -0.818. The number of hydrogen-bond donors (Lipinski definition) is 1. The Morgan fingerprint density at radius 2 is 1.58 bits per heavy atom. The Morgan fingerprint density at radius 3 is 1.95 bits per heavy atom. The summed E-state index contributed by atoms with van der Waals surface area (Å²) in [7, 11) is 0. The molecule has 0 bridgehead atoms. The third kappa shape index (κ3) is 4.07. The zero-order chi connectivity index (χ0) is 14.1. The van der Waals surface area contributed by atoms with Crippen LogP contribution in [-0.2, 0) is 15.7 Å². The topological polar surface area (TPSA) is 46.5 Å². The first-order chi connectivity index (χ1) is 8.09. The van der Waals surface area contributed by atoms with Crippen LogP contribution < -0.4 is 0 Å². The first-order valence-corrected chi connectivity index (χ1v) is 6.08. The molecule has 0 aliphatic rings. The fourth-order valence-electron chi connectivity index (χ4n) is 2.20. The summed E-state index contributed by atoms with van der Waals surface area (Å²) in [6.45, 7) is 12.5. The van der Waals surface area contributed by atoms with E-state index in [-0.39, 0.29) is 28.2 Å². The van der Waals surface area contributed by atoms with E-state index >= 15 is 0 Å². The summed E-state index contributed by atoms with van der Waals surface area (Å²) in [5, 5.41) is 8.62. The third-order valence-corrected chi connectivity index (χ3v) is 2.93. The van der Waals surface area contributed by atoms with Crippen molar-refractivity contribution in [2.45, 2.75) is 52.4 Å². The Bertz CT molecular complexity index is 453. The first-order valence-electron chi connectivity index (χ1n) is 6.08. The van der Waals surface area contributed by atoms with E-state index in [1.165, 1.54) is 0 Å². The molecular formula is C15H25AlO3. The standard InChI is InChI=1S/C15H22O3.Al.3H/c1-14(2,3)11-9-7-8-10(13(16)18-17)12(11)15(4,5)6;;;;/h7-9,17H,1-6H3;;;;. The SMILES string of the molecule is CC(C)(C)c1cccc(C(=O)OO)c1C(C)(C)C.[AlH3]. The molecule has 0 saturated heterocycles. The van der Waals surface area contributed by atoms with Gasteiger partial charge in [-0.25, -0.2) is 4.79 Å². The lowest BCUT2D eigenvalue weighted by molar-refractivity contribution is -0.182.